The van der Waals surface area contributed by atoms with E-state index in [9.17, 15) is 5.11 Å². The molecule has 1 heterocycles. The number of hydrogen-bond donors (Lipinski definition) is 1. The van der Waals surface area contributed by atoms with Crippen LogP contribution in [0.25, 0.3) is 0 Å². The van der Waals surface area contributed by atoms with Crippen LogP contribution in [0.4, 0.5) is 0 Å². The van der Waals surface area contributed by atoms with Gasteiger partial charge in [0.05, 0.1) is 6.10 Å². The number of nitrogens with zero attached hydrogens (tertiary/aromatic N) is 2. The van der Waals surface area contributed by atoms with Crippen molar-refractivity contribution in [2.75, 3.05) is 33.7 Å². The molecular formula is C18H30N2O. The topological polar surface area (TPSA) is 26.7 Å². The highest BCUT2D eigenvalue weighted by molar-refractivity contribution is 5.29. The van der Waals surface area contributed by atoms with Crippen LogP contribution in [0, 0.1) is 13.8 Å². The van der Waals surface area contributed by atoms with E-state index in [1.807, 2.05) is 0 Å². The van der Waals surface area contributed by atoms with Gasteiger partial charge in [0, 0.05) is 12.6 Å². The predicted octanol–water partition coefficient (Wildman–Crippen LogP) is 2.75. The normalized spacial score (nSPS) is 19.1. The van der Waals surface area contributed by atoms with Gasteiger partial charge in [0.15, 0.2) is 0 Å². The fourth-order valence-electron chi connectivity index (χ4n) is 3.31. The number of benzene rings is 1. The van der Waals surface area contributed by atoms with Crippen LogP contribution >= 0.6 is 0 Å². The largest absolute Gasteiger partial charge is 0.388 e. The number of aliphatic hydroxyl groups excluding tert-OH is 1. The molecule has 3 nitrogen and oxygen atoms in total. The van der Waals surface area contributed by atoms with E-state index in [-0.39, 0.29) is 6.10 Å². The molecule has 0 aliphatic carbocycles. The lowest BCUT2D eigenvalue weighted by Crippen LogP contribution is -2.42. The first-order valence-electron chi connectivity index (χ1n) is 8.10. The molecule has 0 aromatic heterocycles. The third-order valence-electron chi connectivity index (χ3n) is 4.70. The standard InChI is InChI=1S/C18H30N2O/c1-14-11-15(2)13-16(12-14)18(21)7-10-20(4)17-5-8-19(3)9-6-17/h11-13,17-18,21H,5-10H2,1-4H3. The van der Waals surface area contributed by atoms with Crippen molar-refractivity contribution in [1.29, 1.82) is 0 Å². The molecule has 1 fully saturated rings. The highest BCUT2D eigenvalue weighted by Gasteiger charge is 2.21. The van der Waals surface area contributed by atoms with Crippen molar-refractivity contribution in [1.82, 2.24) is 9.80 Å². The van der Waals surface area contributed by atoms with Gasteiger partial charge in [-0.05, 0) is 65.9 Å². The van der Waals surface area contributed by atoms with Crippen molar-refractivity contribution in [3.8, 4) is 0 Å². The molecule has 21 heavy (non-hydrogen) atoms. The van der Waals surface area contributed by atoms with Gasteiger partial charge in [-0.2, -0.15) is 0 Å². The van der Waals surface area contributed by atoms with Crippen molar-refractivity contribution in [2.24, 2.45) is 0 Å². The molecule has 2 rings (SSSR count). The van der Waals surface area contributed by atoms with Gasteiger partial charge in [-0.3, -0.25) is 0 Å². The Bertz CT molecular complexity index is 432. The van der Waals surface area contributed by atoms with Crippen molar-refractivity contribution < 1.29 is 5.11 Å². The molecule has 0 radical (unpaired) electrons. The minimum atomic E-state index is -0.350. The van der Waals surface area contributed by atoms with Gasteiger partial charge in [-0.25, -0.2) is 0 Å². The van der Waals surface area contributed by atoms with Gasteiger partial charge in [0.25, 0.3) is 0 Å². The van der Waals surface area contributed by atoms with E-state index >= 15 is 0 Å². The van der Waals surface area contributed by atoms with Crippen LogP contribution < -0.4 is 0 Å². The summed E-state index contributed by atoms with van der Waals surface area (Å²) in [6.07, 6.45) is 2.95. The summed E-state index contributed by atoms with van der Waals surface area (Å²) in [6.45, 7) is 7.52. The van der Waals surface area contributed by atoms with Crippen LogP contribution in [-0.2, 0) is 0 Å². The molecule has 118 valence electrons. The molecule has 0 amide bonds. The van der Waals surface area contributed by atoms with E-state index in [0.29, 0.717) is 6.04 Å². The Morgan fingerprint density at radius 2 is 1.76 bits per heavy atom. The van der Waals surface area contributed by atoms with E-state index in [1.165, 1.54) is 37.1 Å². The maximum Gasteiger partial charge on any atom is 0.0802 e. The lowest BCUT2D eigenvalue weighted by Gasteiger charge is -2.35. The minimum Gasteiger partial charge on any atom is -0.388 e. The molecule has 1 unspecified atom stereocenters. The van der Waals surface area contributed by atoms with E-state index in [1.54, 1.807) is 0 Å². The number of aryl methyl sites for hydroxylation is 2. The molecule has 1 aliphatic heterocycles. The lowest BCUT2D eigenvalue weighted by atomic mass is 10.00. The Hall–Kier alpha value is -0.900. The van der Waals surface area contributed by atoms with E-state index < -0.39 is 0 Å². The average molecular weight is 290 g/mol. The second-order valence-corrected chi connectivity index (χ2v) is 6.74. The third kappa shape index (κ3) is 4.80. The summed E-state index contributed by atoms with van der Waals surface area (Å²) in [5.74, 6) is 0. The van der Waals surface area contributed by atoms with Gasteiger partial charge in [-0.15, -0.1) is 0 Å². The van der Waals surface area contributed by atoms with Crippen molar-refractivity contribution in [2.45, 2.75) is 45.3 Å². The van der Waals surface area contributed by atoms with E-state index in [4.69, 9.17) is 0 Å². The first kappa shape index (κ1) is 16.5. The molecule has 1 N–H and O–H groups in total. The highest BCUT2D eigenvalue weighted by atomic mass is 16.3. The number of likely N-dealkylation sites (tertiary alicyclic amines) is 1. The van der Waals surface area contributed by atoms with Gasteiger partial charge in [0.2, 0.25) is 0 Å². The summed E-state index contributed by atoms with van der Waals surface area (Å²) in [7, 11) is 4.39. The van der Waals surface area contributed by atoms with Crippen molar-refractivity contribution >= 4 is 0 Å². The first-order valence-corrected chi connectivity index (χ1v) is 8.10. The Labute approximate surface area is 129 Å². The summed E-state index contributed by atoms with van der Waals surface area (Å²) >= 11 is 0. The molecule has 1 aromatic carbocycles. The maximum atomic E-state index is 10.4. The number of aliphatic hydroxyl groups is 1. The van der Waals surface area contributed by atoms with Crippen LogP contribution in [0.2, 0.25) is 0 Å². The van der Waals surface area contributed by atoms with E-state index in [2.05, 4.69) is 55.9 Å². The lowest BCUT2D eigenvalue weighted by molar-refractivity contribution is 0.110. The number of piperidine rings is 1. The van der Waals surface area contributed by atoms with Gasteiger partial charge < -0.3 is 14.9 Å². The molecule has 1 saturated heterocycles. The molecule has 1 aromatic rings. The Balaban J connectivity index is 1.84. The first-order chi connectivity index (χ1) is 9.95. The van der Waals surface area contributed by atoms with E-state index in [0.717, 1.165) is 18.5 Å². The van der Waals surface area contributed by atoms with Crippen molar-refractivity contribution in [3.05, 3.63) is 34.9 Å². The molecule has 0 spiro atoms. The predicted molar refractivity (Wildman–Crippen MR) is 88.6 cm³/mol. The van der Waals surface area contributed by atoms with Crippen molar-refractivity contribution in [3.63, 3.8) is 0 Å². The molecule has 1 aliphatic rings. The highest BCUT2D eigenvalue weighted by Crippen LogP contribution is 2.21. The van der Waals surface area contributed by atoms with Crippen LogP contribution in [0.5, 0.6) is 0 Å². The zero-order valence-electron chi connectivity index (χ0n) is 14.0. The van der Waals surface area contributed by atoms with Gasteiger partial charge in [-0.1, -0.05) is 29.3 Å². The van der Waals surface area contributed by atoms with Gasteiger partial charge in [0.1, 0.15) is 0 Å². The summed E-state index contributed by atoms with van der Waals surface area (Å²) < 4.78 is 0. The third-order valence-corrected chi connectivity index (χ3v) is 4.70. The minimum absolute atomic E-state index is 0.350. The van der Waals surface area contributed by atoms with Gasteiger partial charge >= 0.3 is 0 Å². The molecule has 3 heteroatoms. The second kappa shape index (κ2) is 7.39. The average Bonchev–Trinajstić information content (AvgIpc) is 2.44. The fourth-order valence-corrected chi connectivity index (χ4v) is 3.31. The Morgan fingerprint density at radius 1 is 1.19 bits per heavy atom. The quantitative estimate of drug-likeness (QED) is 0.903. The van der Waals surface area contributed by atoms with Crippen LogP contribution in [-0.4, -0.2) is 54.7 Å². The Morgan fingerprint density at radius 3 is 2.33 bits per heavy atom. The molecular weight excluding hydrogens is 260 g/mol. The second-order valence-electron chi connectivity index (χ2n) is 6.74. The smallest absolute Gasteiger partial charge is 0.0802 e. The summed E-state index contributed by atoms with van der Waals surface area (Å²) in [6, 6.07) is 7.04. The number of hydrogen-bond acceptors (Lipinski definition) is 3. The Kier molecular flexibility index (Phi) is 5.80. The summed E-state index contributed by atoms with van der Waals surface area (Å²) in [4.78, 5) is 4.83. The van der Waals surface area contributed by atoms with Crippen LogP contribution in [0.3, 0.4) is 0 Å². The zero-order chi connectivity index (χ0) is 15.4. The fraction of sp³-hybridized carbons (Fsp3) is 0.667. The summed E-state index contributed by atoms with van der Waals surface area (Å²) in [5.41, 5.74) is 3.52. The summed E-state index contributed by atoms with van der Waals surface area (Å²) in [5, 5.41) is 10.4. The maximum absolute atomic E-state index is 10.4. The monoisotopic (exact) mass is 290 g/mol. The zero-order valence-corrected chi connectivity index (χ0v) is 14.0. The molecule has 0 saturated carbocycles. The number of rotatable bonds is 5. The van der Waals surface area contributed by atoms with Crippen LogP contribution in [0.15, 0.2) is 18.2 Å². The van der Waals surface area contributed by atoms with Crippen LogP contribution in [0.1, 0.15) is 42.1 Å². The molecule has 1 atom stereocenters. The molecule has 0 bridgehead atoms. The SMILES string of the molecule is Cc1cc(C)cc(C(O)CCN(C)C2CCN(C)CC2)c1.